The van der Waals surface area contributed by atoms with Crippen molar-refractivity contribution in [1.29, 1.82) is 0 Å². The molecule has 1 rings (SSSR count). The minimum absolute atomic E-state index is 0.140. The van der Waals surface area contributed by atoms with Gasteiger partial charge in [0.25, 0.3) is 10.0 Å². The van der Waals surface area contributed by atoms with Gasteiger partial charge in [-0.25, -0.2) is 13.1 Å². The summed E-state index contributed by atoms with van der Waals surface area (Å²) in [7, 11) is -2.28. The zero-order chi connectivity index (χ0) is 15.2. The van der Waals surface area contributed by atoms with E-state index < -0.39 is 10.0 Å². The summed E-state index contributed by atoms with van der Waals surface area (Å²) < 4.78 is 31.5. The van der Waals surface area contributed by atoms with Crippen LogP contribution in [0, 0.1) is 0 Å². The molecule has 0 aliphatic rings. The van der Waals surface area contributed by atoms with Crippen molar-refractivity contribution in [3.8, 4) is 0 Å². The summed E-state index contributed by atoms with van der Waals surface area (Å²) in [5.41, 5.74) is 0. The summed E-state index contributed by atoms with van der Waals surface area (Å²) in [5.74, 6) is -0.338. The van der Waals surface area contributed by atoms with Gasteiger partial charge < -0.3 is 10.1 Å². The lowest BCUT2D eigenvalue weighted by Gasteiger charge is -2.15. The predicted octanol–water partition coefficient (Wildman–Crippen LogP) is 0.575. The van der Waals surface area contributed by atoms with Gasteiger partial charge in [0, 0.05) is 25.4 Å². The second kappa shape index (κ2) is 7.98. The van der Waals surface area contributed by atoms with E-state index in [0.29, 0.717) is 11.8 Å². The monoisotopic (exact) mass is 386 g/mol. The molecule has 1 amide bonds. The van der Waals surface area contributed by atoms with Crippen LogP contribution in [0.2, 0.25) is 0 Å². The lowest BCUT2D eigenvalue weighted by Crippen LogP contribution is -2.38. The fourth-order valence-electron chi connectivity index (χ4n) is 1.30. The quantitative estimate of drug-likeness (QED) is 0.499. The number of methoxy groups -OCH3 is 1. The normalized spacial score (nSPS) is 13.2. The highest BCUT2D eigenvalue weighted by molar-refractivity contribution is 9.09. The Labute approximate surface area is 129 Å². The summed E-state index contributed by atoms with van der Waals surface area (Å²) in [6.07, 6.45) is 0.574. The van der Waals surface area contributed by atoms with Gasteiger partial charge in [-0.05, 0) is 6.42 Å². The molecule has 0 aromatic carbocycles. The molecular weight excluding hydrogens is 372 g/mol. The van der Waals surface area contributed by atoms with Crippen molar-refractivity contribution in [3.63, 3.8) is 0 Å². The number of hydrogen-bond donors (Lipinski definition) is 2. The first-order valence-corrected chi connectivity index (χ1v) is 8.99. The molecule has 1 aromatic heterocycles. The predicted molar refractivity (Wildman–Crippen MR) is 78.6 cm³/mol. The Balaban J connectivity index is 2.81. The van der Waals surface area contributed by atoms with Gasteiger partial charge in [0.05, 0.1) is 6.61 Å². The maximum absolute atomic E-state index is 12.1. The number of nitrogens with one attached hydrogen (secondary N) is 2. The maximum Gasteiger partial charge on any atom is 0.270 e. The van der Waals surface area contributed by atoms with E-state index in [2.05, 4.69) is 36.2 Å². The second-order valence-corrected chi connectivity index (χ2v) is 7.46. The molecule has 0 saturated carbocycles. The summed E-state index contributed by atoms with van der Waals surface area (Å²) in [4.78, 5) is 10.9. The van der Waals surface area contributed by atoms with E-state index in [0.717, 1.165) is 11.3 Å². The lowest BCUT2D eigenvalue weighted by molar-refractivity contribution is -0.114. The number of rotatable bonds is 8. The van der Waals surface area contributed by atoms with Crippen LogP contribution in [-0.4, -0.2) is 49.6 Å². The molecule has 1 heterocycles. The fourth-order valence-corrected chi connectivity index (χ4v) is 4.07. The SMILES string of the molecule is COCC(CCBr)NS(=O)(=O)c1nnc(NC(C)=O)s1. The number of carbonyl (C=O) groups excluding carboxylic acids is 1. The smallest absolute Gasteiger partial charge is 0.270 e. The lowest BCUT2D eigenvalue weighted by atomic mass is 10.3. The molecule has 114 valence electrons. The Morgan fingerprint density at radius 3 is 2.75 bits per heavy atom. The number of halogens is 1. The van der Waals surface area contributed by atoms with Gasteiger partial charge >= 0.3 is 0 Å². The van der Waals surface area contributed by atoms with Gasteiger partial charge in [0.1, 0.15) is 0 Å². The van der Waals surface area contributed by atoms with Crippen LogP contribution in [0.3, 0.4) is 0 Å². The molecule has 0 spiro atoms. The Morgan fingerprint density at radius 2 is 2.20 bits per heavy atom. The molecule has 2 N–H and O–H groups in total. The van der Waals surface area contributed by atoms with E-state index in [9.17, 15) is 13.2 Å². The standard InChI is InChI=1S/C9H15BrN4O4S2/c1-6(15)11-8-12-13-9(19-8)20(16,17)14-7(3-4-10)5-18-2/h7,14H,3-5H2,1-2H3,(H,11,12,15). The van der Waals surface area contributed by atoms with E-state index >= 15 is 0 Å². The third kappa shape index (κ3) is 5.40. The fraction of sp³-hybridized carbons (Fsp3) is 0.667. The van der Waals surface area contributed by atoms with Crippen LogP contribution in [0.25, 0.3) is 0 Å². The average Bonchev–Trinajstić information content (AvgIpc) is 2.77. The Kier molecular flexibility index (Phi) is 6.95. The van der Waals surface area contributed by atoms with Crippen LogP contribution in [0.5, 0.6) is 0 Å². The summed E-state index contributed by atoms with van der Waals surface area (Å²) in [5, 5.41) is 10.3. The average molecular weight is 387 g/mol. The number of anilines is 1. The molecular formula is C9H15BrN4O4S2. The molecule has 1 unspecified atom stereocenters. The number of ether oxygens (including phenoxy) is 1. The summed E-state index contributed by atoms with van der Waals surface area (Å²) >= 11 is 4.04. The number of nitrogens with zero attached hydrogens (tertiary/aromatic N) is 2. The highest BCUT2D eigenvalue weighted by Gasteiger charge is 2.24. The number of sulfonamides is 1. The zero-order valence-electron chi connectivity index (χ0n) is 10.9. The van der Waals surface area contributed by atoms with Crippen LogP contribution in [0.4, 0.5) is 5.13 Å². The number of amides is 1. The third-order valence-corrected chi connectivity index (χ3v) is 5.25. The molecule has 0 saturated heterocycles. The highest BCUT2D eigenvalue weighted by Crippen LogP contribution is 2.20. The minimum Gasteiger partial charge on any atom is -0.383 e. The first kappa shape index (κ1) is 17.4. The Morgan fingerprint density at radius 1 is 1.50 bits per heavy atom. The largest absolute Gasteiger partial charge is 0.383 e. The topological polar surface area (TPSA) is 110 Å². The Hall–Kier alpha value is -0.620. The molecule has 1 aromatic rings. The second-order valence-electron chi connectivity index (χ2n) is 3.81. The maximum atomic E-state index is 12.1. The molecule has 20 heavy (non-hydrogen) atoms. The van der Waals surface area contributed by atoms with Gasteiger partial charge in [0.2, 0.25) is 15.4 Å². The first-order chi connectivity index (χ1) is 9.39. The summed E-state index contributed by atoms with van der Waals surface area (Å²) in [6.45, 7) is 1.56. The van der Waals surface area contributed by atoms with Gasteiger partial charge in [-0.3, -0.25) is 4.79 Å². The van der Waals surface area contributed by atoms with Crippen molar-refractivity contribution in [1.82, 2.24) is 14.9 Å². The van der Waals surface area contributed by atoms with E-state index in [1.807, 2.05) is 0 Å². The first-order valence-electron chi connectivity index (χ1n) is 5.57. The Bertz CT molecular complexity index is 542. The van der Waals surface area contributed by atoms with Gasteiger partial charge in [-0.2, -0.15) is 0 Å². The summed E-state index contributed by atoms with van der Waals surface area (Å²) in [6, 6.07) is -0.363. The van der Waals surface area contributed by atoms with Crippen molar-refractivity contribution in [3.05, 3.63) is 0 Å². The van der Waals surface area contributed by atoms with E-state index in [1.54, 1.807) is 0 Å². The van der Waals surface area contributed by atoms with E-state index in [4.69, 9.17) is 4.74 Å². The van der Waals surface area contributed by atoms with Crippen LogP contribution in [0.15, 0.2) is 4.34 Å². The van der Waals surface area contributed by atoms with Crippen molar-refractivity contribution >= 4 is 48.3 Å². The van der Waals surface area contributed by atoms with Crippen molar-refractivity contribution < 1.29 is 17.9 Å². The van der Waals surface area contributed by atoms with E-state index in [-0.39, 0.29) is 28.0 Å². The van der Waals surface area contributed by atoms with Crippen LogP contribution in [-0.2, 0) is 19.6 Å². The molecule has 8 nitrogen and oxygen atoms in total. The zero-order valence-corrected chi connectivity index (χ0v) is 14.1. The molecule has 0 aliphatic heterocycles. The number of alkyl halides is 1. The molecule has 0 aliphatic carbocycles. The number of carbonyl (C=O) groups is 1. The van der Waals surface area contributed by atoms with Crippen LogP contribution in [0.1, 0.15) is 13.3 Å². The van der Waals surface area contributed by atoms with Crippen molar-refractivity contribution in [2.24, 2.45) is 0 Å². The molecule has 0 radical (unpaired) electrons. The minimum atomic E-state index is -3.78. The molecule has 11 heteroatoms. The van der Waals surface area contributed by atoms with E-state index in [1.165, 1.54) is 14.0 Å². The van der Waals surface area contributed by atoms with Crippen LogP contribution >= 0.6 is 27.3 Å². The van der Waals surface area contributed by atoms with Gasteiger partial charge in [-0.1, -0.05) is 27.3 Å². The molecule has 0 fully saturated rings. The number of hydrogen-bond acceptors (Lipinski definition) is 7. The van der Waals surface area contributed by atoms with Crippen LogP contribution < -0.4 is 10.0 Å². The van der Waals surface area contributed by atoms with Crippen molar-refractivity contribution in [2.75, 3.05) is 24.4 Å². The third-order valence-electron chi connectivity index (χ3n) is 2.07. The molecule has 0 bridgehead atoms. The van der Waals surface area contributed by atoms with Gasteiger partial charge in [-0.15, -0.1) is 10.2 Å². The molecule has 1 atom stereocenters. The van der Waals surface area contributed by atoms with Gasteiger partial charge in [0.15, 0.2) is 0 Å². The highest BCUT2D eigenvalue weighted by atomic mass is 79.9. The number of aromatic nitrogens is 2. The van der Waals surface area contributed by atoms with Crippen molar-refractivity contribution in [2.45, 2.75) is 23.7 Å².